The normalized spacial score (nSPS) is 10.6. The maximum atomic E-state index is 13.6. The number of carbonyl (C=O) groups excluding carboxylic acids is 1. The van der Waals surface area contributed by atoms with Crippen molar-refractivity contribution < 1.29 is 13.6 Å². The van der Waals surface area contributed by atoms with Crippen LogP contribution < -0.4 is 5.32 Å². The number of nitrogens with one attached hydrogen (secondary N) is 1. The minimum absolute atomic E-state index is 0.230. The summed E-state index contributed by atoms with van der Waals surface area (Å²) in [5, 5.41) is 4.65. The highest BCUT2D eigenvalue weighted by Gasteiger charge is 2.14. The number of halogens is 3. The van der Waals surface area contributed by atoms with Crippen molar-refractivity contribution >= 4 is 38.3 Å². The van der Waals surface area contributed by atoms with Crippen molar-refractivity contribution in [2.24, 2.45) is 0 Å². The van der Waals surface area contributed by atoms with Crippen LogP contribution in [0.5, 0.6) is 0 Å². The van der Waals surface area contributed by atoms with Gasteiger partial charge in [-0.1, -0.05) is 28.1 Å². The zero-order valence-corrected chi connectivity index (χ0v) is 13.9. The van der Waals surface area contributed by atoms with E-state index in [4.69, 9.17) is 0 Å². The minimum Gasteiger partial charge on any atom is -0.298 e. The highest BCUT2D eigenvalue weighted by molar-refractivity contribution is 9.10. The molecule has 0 fully saturated rings. The Balaban J connectivity index is 1.78. The van der Waals surface area contributed by atoms with Gasteiger partial charge in [0.2, 0.25) is 0 Å². The van der Waals surface area contributed by atoms with Crippen LogP contribution in [0, 0.1) is 11.6 Å². The van der Waals surface area contributed by atoms with Gasteiger partial charge in [0.15, 0.2) is 5.13 Å². The fourth-order valence-corrected chi connectivity index (χ4v) is 2.90. The van der Waals surface area contributed by atoms with Gasteiger partial charge in [-0.25, -0.2) is 13.8 Å². The molecule has 2 aromatic carbocycles. The van der Waals surface area contributed by atoms with Crippen molar-refractivity contribution in [3.8, 4) is 11.3 Å². The molecule has 0 saturated carbocycles. The molecule has 0 aliphatic rings. The van der Waals surface area contributed by atoms with E-state index < -0.39 is 17.5 Å². The smallest absolute Gasteiger partial charge is 0.260 e. The fraction of sp³-hybridized carbons (Fsp3) is 0. The number of hydrogen-bond acceptors (Lipinski definition) is 3. The Morgan fingerprint density at radius 3 is 2.57 bits per heavy atom. The van der Waals surface area contributed by atoms with Crippen molar-refractivity contribution in [3.63, 3.8) is 0 Å². The first-order chi connectivity index (χ1) is 11.0. The van der Waals surface area contributed by atoms with Gasteiger partial charge in [-0.05, 0) is 24.3 Å². The van der Waals surface area contributed by atoms with Gasteiger partial charge in [-0.2, -0.15) is 0 Å². The summed E-state index contributed by atoms with van der Waals surface area (Å²) < 4.78 is 27.4. The predicted octanol–water partition coefficient (Wildman–Crippen LogP) is 5.10. The summed E-state index contributed by atoms with van der Waals surface area (Å²) in [5.41, 5.74) is 1.38. The van der Waals surface area contributed by atoms with Crippen LogP contribution in [0.15, 0.2) is 52.3 Å². The number of thiazole rings is 1. The van der Waals surface area contributed by atoms with E-state index >= 15 is 0 Å². The van der Waals surface area contributed by atoms with Crippen LogP contribution in [0.25, 0.3) is 11.3 Å². The van der Waals surface area contributed by atoms with E-state index in [0.717, 1.165) is 22.2 Å². The average Bonchev–Trinajstić information content (AvgIpc) is 2.96. The van der Waals surface area contributed by atoms with E-state index in [1.807, 2.05) is 24.3 Å². The van der Waals surface area contributed by atoms with Crippen molar-refractivity contribution in [2.45, 2.75) is 0 Å². The molecule has 0 aliphatic carbocycles. The fourth-order valence-electron chi connectivity index (χ4n) is 1.92. The van der Waals surface area contributed by atoms with E-state index in [2.05, 4.69) is 26.2 Å². The lowest BCUT2D eigenvalue weighted by molar-refractivity contribution is 0.102. The Hall–Kier alpha value is -2.12. The second kappa shape index (κ2) is 6.55. The number of nitrogens with zero attached hydrogens (tertiary/aromatic N) is 1. The Morgan fingerprint density at radius 2 is 1.87 bits per heavy atom. The second-order valence-electron chi connectivity index (χ2n) is 4.62. The molecule has 0 aliphatic heterocycles. The maximum absolute atomic E-state index is 13.6. The molecule has 3 rings (SSSR count). The van der Waals surface area contributed by atoms with Crippen molar-refractivity contribution in [2.75, 3.05) is 5.32 Å². The average molecular weight is 395 g/mol. The summed E-state index contributed by atoms with van der Waals surface area (Å²) in [6, 6.07) is 10.4. The number of hydrogen-bond donors (Lipinski definition) is 1. The van der Waals surface area contributed by atoms with Crippen LogP contribution >= 0.6 is 27.3 Å². The van der Waals surface area contributed by atoms with Gasteiger partial charge in [0.1, 0.15) is 11.6 Å². The lowest BCUT2D eigenvalue weighted by atomic mass is 10.2. The number of anilines is 1. The summed E-state index contributed by atoms with van der Waals surface area (Å²) in [6.07, 6.45) is 0. The third kappa shape index (κ3) is 3.62. The Labute approximate surface area is 143 Å². The number of rotatable bonds is 3. The van der Waals surface area contributed by atoms with Gasteiger partial charge >= 0.3 is 0 Å². The zero-order chi connectivity index (χ0) is 16.4. The Bertz CT molecular complexity index is 865. The lowest BCUT2D eigenvalue weighted by Gasteiger charge is -2.03. The molecular formula is C16H9BrF2N2OS. The first-order valence-corrected chi connectivity index (χ1v) is 8.18. The Kier molecular flexibility index (Phi) is 4.49. The summed E-state index contributed by atoms with van der Waals surface area (Å²) in [7, 11) is 0. The lowest BCUT2D eigenvalue weighted by Crippen LogP contribution is -2.13. The van der Waals surface area contributed by atoms with E-state index in [-0.39, 0.29) is 5.56 Å². The van der Waals surface area contributed by atoms with Gasteiger partial charge in [0.25, 0.3) is 5.91 Å². The largest absolute Gasteiger partial charge is 0.298 e. The van der Waals surface area contributed by atoms with Crippen molar-refractivity contribution in [1.82, 2.24) is 4.98 Å². The monoisotopic (exact) mass is 394 g/mol. The van der Waals surface area contributed by atoms with E-state index in [1.54, 1.807) is 5.38 Å². The van der Waals surface area contributed by atoms with Crippen molar-refractivity contribution in [1.29, 1.82) is 0 Å². The molecule has 3 nitrogen and oxygen atoms in total. The molecule has 0 radical (unpaired) electrons. The SMILES string of the molecule is O=C(Nc1nc(-c2ccc(Br)cc2)cs1)c1ccc(F)cc1F. The molecule has 1 N–H and O–H groups in total. The number of aromatic nitrogens is 1. The van der Waals surface area contributed by atoms with Crippen molar-refractivity contribution in [3.05, 3.63) is 69.5 Å². The molecule has 3 aromatic rings. The van der Waals surface area contributed by atoms with Gasteiger partial charge in [0.05, 0.1) is 11.3 Å². The minimum atomic E-state index is -0.910. The molecule has 116 valence electrons. The molecule has 1 amide bonds. The molecule has 0 spiro atoms. The summed E-state index contributed by atoms with van der Waals surface area (Å²) >= 11 is 4.59. The van der Waals surface area contributed by atoms with E-state index in [0.29, 0.717) is 16.9 Å². The van der Waals surface area contributed by atoms with Crippen LogP contribution in [-0.4, -0.2) is 10.9 Å². The number of carbonyl (C=O) groups is 1. The zero-order valence-electron chi connectivity index (χ0n) is 11.5. The number of benzene rings is 2. The quantitative estimate of drug-likeness (QED) is 0.670. The second-order valence-corrected chi connectivity index (χ2v) is 6.40. The first kappa shape index (κ1) is 15.8. The third-order valence-electron chi connectivity index (χ3n) is 3.04. The molecule has 1 aromatic heterocycles. The standard InChI is InChI=1S/C16H9BrF2N2OS/c17-10-3-1-9(2-4-10)14-8-23-16(20-14)21-15(22)12-6-5-11(18)7-13(12)19/h1-8H,(H,20,21,22). The van der Waals surface area contributed by atoms with Gasteiger partial charge in [-0.15, -0.1) is 11.3 Å². The summed E-state index contributed by atoms with van der Waals surface area (Å²) in [4.78, 5) is 16.3. The van der Waals surface area contributed by atoms with E-state index in [9.17, 15) is 13.6 Å². The molecule has 23 heavy (non-hydrogen) atoms. The predicted molar refractivity (Wildman–Crippen MR) is 89.6 cm³/mol. The molecule has 7 heteroatoms. The van der Waals surface area contributed by atoms with Crippen LogP contribution in [0.1, 0.15) is 10.4 Å². The van der Waals surface area contributed by atoms with Gasteiger partial charge in [0, 0.05) is 21.5 Å². The summed E-state index contributed by atoms with van der Waals surface area (Å²) in [5.74, 6) is -2.31. The number of amides is 1. The van der Waals surface area contributed by atoms with Crippen LogP contribution in [0.3, 0.4) is 0 Å². The molecule has 0 bridgehead atoms. The Morgan fingerprint density at radius 1 is 1.13 bits per heavy atom. The molecule has 1 heterocycles. The third-order valence-corrected chi connectivity index (χ3v) is 4.33. The van der Waals surface area contributed by atoms with Gasteiger partial charge in [-0.3, -0.25) is 10.1 Å². The first-order valence-electron chi connectivity index (χ1n) is 6.51. The van der Waals surface area contributed by atoms with Crippen LogP contribution in [0.2, 0.25) is 0 Å². The topological polar surface area (TPSA) is 42.0 Å². The van der Waals surface area contributed by atoms with Crippen LogP contribution in [-0.2, 0) is 0 Å². The molecule has 0 saturated heterocycles. The highest BCUT2D eigenvalue weighted by Crippen LogP contribution is 2.26. The summed E-state index contributed by atoms with van der Waals surface area (Å²) in [6.45, 7) is 0. The molecular weight excluding hydrogens is 386 g/mol. The highest BCUT2D eigenvalue weighted by atomic mass is 79.9. The molecule has 0 unspecified atom stereocenters. The maximum Gasteiger partial charge on any atom is 0.260 e. The van der Waals surface area contributed by atoms with Crippen LogP contribution in [0.4, 0.5) is 13.9 Å². The van der Waals surface area contributed by atoms with Gasteiger partial charge < -0.3 is 0 Å². The van der Waals surface area contributed by atoms with E-state index in [1.165, 1.54) is 11.3 Å². The molecule has 0 atom stereocenters.